The van der Waals surface area contributed by atoms with E-state index >= 15 is 0 Å². The van der Waals surface area contributed by atoms with E-state index in [1.54, 1.807) is 67.8 Å². The van der Waals surface area contributed by atoms with E-state index in [2.05, 4.69) is 15.6 Å². The molecule has 0 aliphatic heterocycles. The molecule has 2 aromatic heterocycles. The molecular weight excluding hydrogens is 442 g/mol. The molecule has 0 saturated heterocycles. The van der Waals surface area contributed by atoms with Crippen LogP contribution >= 0.6 is 11.6 Å². The molecule has 2 heterocycles. The highest BCUT2D eigenvalue weighted by molar-refractivity contribution is 6.31. The number of carbonyl (C=O) groups is 2. The van der Waals surface area contributed by atoms with Crippen molar-refractivity contribution < 1.29 is 18.7 Å². The Labute approximate surface area is 195 Å². The number of hydrogen-bond donors (Lipinski definition) is 2. The number of hydrogen-bond acceptors (Lipinski definition) is 5. The van der Waals surface area contributed by atoms with Gasteiger partial charge < -0.3 is 19.8 Å². The molecule has 2 amide bonds. The summed E-state index contributed by atoms with van der Waals surface area (Å²) in [6.07, 6.45) is 3.02. The Kier molecular flexibility index (Phi) is 6.71. The number of methoxy groups -OCH3 is 1. The van der Waals surface area contributed by atoms with E-state index in [1.807, 2.05) is 6.07 Å². The van der Waals surface area contributed by atoms with Gasteiger partial charge in [0, 0.05) is 22.6 Å². The minimum Gasteiger partial charge on any atom is -0.497 e. The molecule has 33 heavy (non-hydrogen) atoms. The number of carbonyl (C=O) groups excluding carboxylic acids is 2. The standard InChI is InChI=1S/C25H20ClN3O4/c1-32-19-10-9-17-12-18(23(26)28-21(17)14-19)13-22(25(31)27-15-20-8-5-11-33-20)29-24(30)16-6-3-2-4-7-16/h2-14H,15H2,1H3,(H,27,31)(H,29,30). The number of nitrogens with zero attached hydrogens (tertiary/aromatic N) is 1. The van der Waals surface area contributed by atoms with E-state index in [4.69, 9.17) is 20.8 Å². The highest BCUT2D eigenvalue weighted by atomic mass is 35.5. The molecule has 0 bridgehead atoms. The summed E-state index contributed by atoms with van der Waals surface area (Å²) in [7, 11) is 1.57. The number of nitrogens with one attached hydrogen (secondary N) is 2. The van der Waals surface area contributed by atoms with Crippen molar-refractivity contribution in [2.24, 2.45) is 0 Å². The normalized spacial score (nSPS) is 11.3. The van der Waals surface area contributed by atoms with Crippen LogP contribution in [0.3, 0.4) is 0 Å². The topological polar surface area (TPSA) is 93.5 Å². The van der Waals surface area contributed by atoms with E-state index in [0.717, 1.165) is 5.39 Å². The van der Waals surface area contributed by atoms with Crippen molar-refractivity contribution >= 4 is 40.4 Å². The van der Waals surface area contributed by atoms with Crippen LogP contribution in [0.2, 0.25) is 5.15 Å². The van der Waals surface area contributed by atoms with Crippen molar-refractivity contribution in [1.82, 2.24) is 15.6 Å². The van der Waals surface area contributed by atoms with Gasteiger partial charge in [0.2, 0.25) is 0 Å². The van der Waals surface area contributed by atoms with E-state index in [9.17, 15) is 9.59 Å². The fourth-order valence-electron chi connectivity index (χ4n) is 3.14. The second-order valence-electron chi connectivity index (χ2n) is 7.07. The van der Waals surface area contributed by atoms with Gasteiger partial charge in [-0.05, 0) is 48.5 Å². The van der Waals surface area contributed by atoms with Gasteiger partial charge in [0.15, 0.2) is 0 Å². The average molecular weight is 462 g/mol. The molecule has 0 aliphatic rings. The van der Waals surface area contributed by atoms with Crippen molar-refractivity contribution in [2.75, 3.05) is 7.11 Å². The Balaban J connectivity index is 1.67. The Bertz CT molecular complexity index is 1320. The van der Waals surface area contributed by atoms with Crippen LogP contribution in [0.15, 0.2) is 83.1 Å². The van der Waals surface area contributed by atoms with Crippen molar-refractivity contribution in [2.45, 2.75) is 6.54 Å². The van der Waals surface area contributed by atoms with Crippen LogP contribution < -0.4 is 15.4 Å². The molecule has 166 valence electrons. The summed E-state index contributed by atoms with van der Waals surface area (Å²) >= 11 is 6.40. The van der Waals surface area contributed by atoms with Crippen LogP contribution in [0.5, 0.6) is 5.75 Å². The molecule has 0 unspecified atom stereocenters. The van der Waals surface area contributed by atoms with Crippen molar-refractivity contribution in [1.29, 1.82) is 0 Å². The zero-order valence-corrected chi connectivity index (χ0v) is 18.4. The van der Waals surface area contributed by atoms with Crippen molar-refractivity contribution in [3.63, 3.8) is 0 Å². The van der Waals surface area contributed by atoms with E-state index in [0.29, 0.717) is 28.2 Å². The van der Waals surface area contributed by atoms with Gasteiger partial charge >= 0.3 is 0 Å². The third kappa shape index (κ3) is 5.39. The maximum atomic E-state index is 13.0. The molecular formula is C25H20ClN3O4. The van der Waals surface area contributed by atoms with Crippen molar-refractivity contribution in [3.8, 4) is 5.75 Å². The molecule has 0 saturated carbocycles. The Morgan fingerprint density at radius 3 is 2.64 bits per heavy atom. The monoisotopic (exact) mass is 461 g/mol. The molecule has 8 heteroatoms. The van der Waals surface area contributed by atoms with Gasteiger partial charge in [-0.15, -0.1) is 0 Å². The lowest BCUT2D eigenvalue weighted by molar-refractivity contribution is -0.118. The zero-order chi connectivity index (χ0) is 23.2. The van der Waals surface area contributed by atoms with Crippen LogP contribution in [0.4, 0.5) is 0 Å². The van der Waals surface area contributed by atoms with Gasteiger partial charge in [0.25, 0.3) is 11.8 Å². The number of rotatable bonds is 7. The van der Waals surface area contributed by atoms with Crippen LogP contribution in [-0.4, -0.2) is 23.9 Å². The summed E-state index contributed by atoms with van der Waals surface area (Å²) in [6.45, 7) is 0.161. The fourth-order valence-corrected chi connectivity index (χ4v) is 3.34. The molecule has 0 aliphatic carbocycles. The van der Waals surface area contributed by atoms with E-state index < -0.39 is 11.8 Å². The van der Waals surface area contributed by atoms with Crippen LogP contribution in [0.1, 0.15) is 21.7 Å². The Hall–Kier alpha value is -4.10. The summed E-state index contributed by atoms with van der Waals surface area (Å²) in [6, 6.07) is 19.3. The quantitative estimate of drug-likeness (QED) is 0.310. The maximum Gasteiger partial charge on any atom is 0.268 e. The lowest BCUT2D eigenvalue weighted by Gasteiger charge is -2.12. The predicted octanol–water partition coefficient (Wildman–Crippen LogP) is 4.58. The summed E-state index contributed by atoms with van der Waals surface area (Å²) < 4.78 is 10.5. The number of ether oxygens (including phenoxy) is 1. The summed E-state index contributed by atoms with van der Waals surface area (Å²) in [4.78, 5) is 30.1. The third-order valence-corrected chi connectivity index (χ3v) is 5.14. The molecule has 2 N–H and O–H groups in total. The number of furan rings is 1. The van der Waals surface area contributed by atoms with Gasteiger partial charge in [-0.25, -0.2) is 4.98 Å². The number of aromatic nitrogens is 1. The maximum absolute atomic E-state index is 13.0. The van der Waals surface area contributed by atoms with Gasteiger partial charge in [-0.3, -0.25) is 9.59 Å². The number of pyridine rings is 1. The Morgan fingerprint density at radius 1 is 1.09 bits per heavy atom. The SMILES string of the molecule is COc1ccc2cc(C=C(NC(=O)c3ccccc3)C(=O)NCc3ccco3)c(Cl)nc2c1. The molecule has 4 rings (SSSR count). The number of halogens is 1. The number of benzene rings is 2. The lowest BCUT2D eigenvalue weighted by atomic mass is 10.1. The zero-order valence-electron chi connectivity index (χ0n) is 17.7. The van der Waals surface area contributed by atoms with Gasteiger partial charge in [0.1, 0.15) is 22.4 Å². The molecule has 0 atom stereocenters. The van der Waals surface area contributed by atoms with Crippen molar-refractivity contribution in [3.05, 3.63) is 101 Å². The highest BCUT2D eigenvalue weighted by Crippen LogP contribution is 2.25. The van der Waals surface area contributed by atoms with E-state index in [-0.39, 0.29) is 17.4 Å². The lowest BCUT2D eigenvalue weighted by Crippen LogP contribution is -2.34. The largest absolute Gasteiger partial charge is 0.497 e. The summed E-state index contributed by atoms with van der Waals surface area (Å²) in [5, 5.41) is 6.40. The second-order valence-corrected chi connectivity index (χ2v) is 7.43. The fraction of sp³-hybridized carbons (Fsp3) is 0.0800. The minimum atomic E-state index is -0.499. The van der Waals surface area contributed by atoms with Crippen LogP contribution in [0.25, 0.3) is 17.0 Å². The molecule has 0 radical (unpaired) electrons. The molecule has 2 aromatic carbocycles. The smallest absolute Gasteiger partial charge is 0.268 e. The van der Waals surface area contributed by atoms with E-state index in [1.165, 1.54) is 12.3 Å². The molecule has 0 spiro atoms. The summed E-state index contributed by atoms with van der Waals surface area (Å²) in [5.74, 6) is 0.310. The second kappa shape index (κ2) is 10.0. The summed E-state index contributed by atoms with van der Waals surface area (Å²) in [5.41, 5.74) is 1.56. The van der Waals surface area contributed by atoms with Crippen LogP contribution in [0, 0.1) is 0 Å². The van der Waals surface area contributed by atoms with Gasteiger partial charge in [0.05, 0.1) is 25.4 Å². The minimum absolute atomic E-state index is 0.0203. The molecule has 7 nitrogen and oxygen atoms in total. The first-order valence-corrected chi connectivity index (χ1v) is 10.4. The highest BCUT2D eigenvalue weighted by Gasteiger charge is 2.16. The number of fused-ring (bicyclic) bond motifs is 1. The van der Waals surface area contributed by atoms with Gasteiger partial charge in [-0.1, -0.05) is 29.8 Å². The Morgan fingerprint density at radius 2 is 1.91 bits per heavy atom. The molecule has 4 aromatic rings. The number of amides is 2. The first-order chi connectivity index (χ1) is 16.0. The predicted molar refractivity (Wildman–Crippen MR) is 126 cm³/mol. The average Bonchev–Trinajstić information content (AvgIpc) is 3.36. The van der Waals surface area contributed by atoms with Gasteiger partial charge in [-0.2, -0.15) is 0 Å². The molecule has 0 fully saturated rings. The first kappa shape index (κ1) is 22.1. The first-order valence-electron chi connectivity index (χ1n) is 10.1. The third-order valence-electron chi connectivity index (χ3n) is 4.84. The van der Waals surface area contributed by atoms with Crippen LogP contribution in [-0.2, 0) is 11.3 Å².